The van der Waals surface area contributed by atoms with E-state index in [1.165, 1.54) is 0 Å². The summed E-state index contributed by atoms with van der Waals surface area (Å²) in [5.41, 5.74) is 1.98. The number of hydrogen-bond donors (Lipinski definition) is 1. The summed E-state index contributed by atoms with van der Waals surface area (Å²) in [6.45, 7) is 6.18. The van der Waals surface area contributed by atoms with Crippen molar-refractivity contribution in [2.24, 2.45) is 0 Å². The van der Waals surface area contributed by atoms with Crippen LogP contribution in [0, 0.1) is 0 Å². The summed E-state index contributed by atoms with van der Waals surface area (Å²) in [5.74, 6) is 1.12. The Morgan fingerprint density at radius 1 is 0.968 bits per heavy atom. The summed E-state index contributed by atoms with van der Waals surface area (Å²) in [5, 5.41) is 2.95. The van der Waals surface area contributed by atoms with Crippen LogP contribution in [0.3, 0.4) is 0 Å². The summed E-state index contributed by atoms with van der Waals surface area (Å²) in [6.07, 6.45) is 1.40. The van der Waals surface area contributed by atoms with Crippen molar-refractivity contribution in [1.29, 1.82) is 0 Å². The molecule has 2 aromatic carbocycles. The number of carbonyl (C=O) groups excluding carboxylic acids is 2. The van der Waals surface area contributed by atoms with Gasteiger partial charge in [0.05, 0.1) is 14.2 Å². The molecular weight excluding hydrogens is 392 g/mol. The second-order valence-corrected chi connectivity index (χ2v) is 7.78. The zero-order valence-corrected chi connectivity index (χ0v) is 19.2. The summed E-state index contributed by atoms with van der Waals surface area (Å²) >= 11 is 0. The van der Waals surface area contributed by atoms with E-state index in [-0.39, 0.29) is 17.9 Å². The van der Waals surface area contributed by atoms with Gasteiger partial charge in [0.15, 0.2) is 11.5 Å². The highest BCUT2D eigenvalue weighted by Gasteiger charge is 2.28. The quantitative estimate of drug-likeness (QED) is 0.590. The van der Waals surface area contributed by atoms with Crippen molar-refractivity contribution < 1.29 is 19.1 Å². The molecule has 0 bridgehead atoms. The molecule has 0 heterocycles. The highest BCUT2D eigenvalue weighted by molar-refractivity contribution is 5.87. The number of aryl methyl sites for hydroxylation is 1. The molecule has 0 unspecified atom stereocenters. The number of nitrogens with zero attached hydrogens (tertiary/aromatic N) is 1. The Morgan fingerprint density at radius 2 is 1.65 bits per heavy atom. The van der Waals surface area contributed by atoms with Gasteiger partial charge in [-0.3, -0.25) is 9.59 Å². The number of benzene rings is 2. The lowest BCUT2D eigenvalue weighted by atomic mass is 10.1. The van der Waals surface area contributed by atoms with Gasteiger partial charge in [-0.1, -0.05) is 43.3 Å². The fourth-order valence-corrected chi connectivity index (χ4v) is 3.51. The van der Waals surface area contributed by atoms with Crippen LogP contribution in [0.25, 0.3) is 0 Å². The molecule has 6 heteroatoms. The Hall–Kier alpha value is -3.02. The molecule has 0 aliphatic rings. The molecule has 0 saturated heterocycles. The van der Waals surface area contributed by atoms with E-state index in [9.17, 15) is 9.59 Å². The van der Waals surface area contributed by atoms with Gasteiger partial charge in [0.1, 0.15) is 6.04 Å². The highest BCUT2D eigenvalue weighted by Crippen LogP contribution is 2.28. The number of hydrogen-bond acceptors (Lipinski definition) is 4. The van der Waals surface area contributed by atoms with E-state index in [1.54, 1.807) is 19.1 Å². The van der Waals surface area contributed by atoms with Crippen molar-refractivity contribution in [2.45, 2.75) is 58.7 Å². The SMILES string of the molecule is CC[C@H](C(=O)NC(C)C)N(Cc1ccccc1)C(=O)CCc1ccc(OC)c(OC)c1. The van der Waals surface area contributed by atoms with Crippen molar-refractivity contribution >= 4 is 11.8 Å². The molecule has 168 valence electrons. The van der Waals surface area contributed by atoms with E-state index in [1.807, 2.05) is 69.3 Å². The van der Waals surface area contributed by atoms with Crippen molar-refractivity contribution in [2.75, 3.05) is 14.2 Å². The first-order valence-electron chi connectivity index (χ1n) is 10.7. The molecule has 31 heavy (non-hydrogen) atoms. The molecule has 0 fully saturated rings. The van der Waals surface area contributed by atoms with E-state index in [2.05, 4.69) is 5.32 Å². The summed E-state index contributed by atoms with van der Waals surface area (Å²) < 4.78 is 10.6. The lowest BCUT2D eigenvalue weighted by Crippen LogP contribution is -2.50. The van der Waals surface area contributed by atoms with Crippen LogP contribution in [0.4, 0.5) is 0 Å². The maximum absolute atomic E-state index is 13.3. The largest absolute Gasteiger partial charge is 0.493 e. The van der Waals surface area contributed by atoms with Gasteiger partial charge in [-0.2, -0.15) is 0 Å². The van der Waals surface area contributed by atoms with Crippen LogP contribution >= 0.6 is 0 Å². The third-order valence-corrected chi connectivity index (χ3v) is 5.09. The van der Waals surface area contributed by atoms with E-state index >= 15 is 0 Å². The van der Waals surface area contributed by atoms with Gasteiger partial charge >= 0.3 is 0 Å². The predicted molar refractivity (Wildman–Crippen MR) is 122 cm³/mol. The Kier molecular flexibility index (Phi) is 9.38. The topological polar surface area (TPSA) is 67.9 Å². The molecule has 0 radical (unpaired) electrons. The van der Waals surface area contributed by atoms with E-state index in [4.69, 9.17) is 9.47 Å². The van der Waals surface area contributed by atoms with Crippen LogP contribution in [0.15, 0.2) is 48.5 Å². The maximum atomic E-state index is 13.3. The Morgan fingerprint density at radius 3 is 2.23 bits per heavy atom. The maximum Gasteiger partial charge on any atom is 0.243 e. The van der Waals surface area contributed by atoms with Crippen molar-refractivity contribution in [3.05, 3.63) is 59.7 Å². The molecule has 1 atom stereocenters. The minimum atomic E-state index is -0.513. The lowest BCUT2D eigenvalue weighted by Gasteiger charge is -2.31. The van der Waals surface area contributed by atoms with Crippen LogP contribution in [-0.4, -0.2) is 43.0 Å². The number of rotatable bonds is 11. The lowest BCUT2D eigenvalue weighted by molar-refractivity contribution is -0.141. The molecule has 2 amide bonds. The molecule has 0 saturated carbocycles. The van der Waals surface area contributed by atoms with Crippen molar-refractivity contribution in [3.8, 4) is 11.5 Å². The second-order valence-electron chi connectivity index (χ2n) is 7.78. The third-order valence-electron chi connectivity index (χ3n) is 5.09. The first kappa shape index (κ1) is 24.3. The van der Waals surface area contributed by atoms with Gasteiger partial charge in [-0.05, 0) is 49.9 Å². The molecule has 0 aliphatic carbocycles. The molecule has 0 spiro atoms. The van der Waals surface area contributed by atoms with Crippen LogP contribution in [-0.2, 0) is 22.6 Å². The number of amides is 2. The minimum absolute atomic E-state index is 0.0157. The standard InChI is InChI=1S/C25H34N2O4/c1-6-21(25(29)26-18(2)3)27(17-20-10-8-7-9-11-20)24(28)15-13-19-12-14-22(30-4)23(16-19)31-5/h7-12,14,16,18,21H,6,13,15,17H2,1-5H3,(H,26,29)/t21-/m1/s1. The third kappa shape index (κ3) is 7.02. The first-order chi connectivity index (χ1) is 14.9. The first-order valence-corrected chi connectivity index (χ1v) is 10.7. The molecular formula is C25H34N2O4. The fraction of sp³-hybridized carbons (Fsp3) is 0.440. The monoisotopic (exact) mass is 426 g/mol. The van der Waals surface area contributed by atoms with Gasteiger partial charge in [0.2, 0.25) is 11.8 Å². The number of nitrogens with one attached hydrogen (secondary N) is 1. The van der Waals surface area contributed by atoms with Gasteiger partial charge < -0.3 is 19.7 Å². The number of carbonyl (C=O) groups is 2. The summed E-state index contributed by atoms with van der Waals surface area (Å²) in [4.78, 5) is 27.8. The van der Waals surface area contributed by atoms with Crippen molar-refractivity contribution in [1.82, 2.24) is 10.2 Å². The number of methoxy groups -OCH3 is 2. The van der Waals surface area contributed by atoms with Crippen LogP contribution in [0.5, 0.6) is 11.5 Å². The van der Waals surface area contributed by atoms with E-state index in [0.29, 0.717) is 37.3 Å². The van der Waals surface area contributed by atoms with Gasteiger partial charge in [-0.25, -0.2) is 0 Å². The van der Waals surface area contributed by atoms with Gasteiger partial charge in [0.25, 0.3) is 0 Å². The molecule has 2 aromatic rings. The van der Waals surface area contributed by atoms with Gasteiger partial charge in [0, 0.05) is 19.0 Å². The molecule has 1 N–H and O–H groups in total. The summed E-state index contributed by atoms with van der Waals surface area (Å²) in [7, 11) is 3.18. The number of ether oxygens (including phenoxy) is 2. The average molecular weight is 427 g/mol. The van der Waals surface area contributed by atoms with Crippen LogP contribution < -0.4 is 14.8 Å². The molecule has 0 aromatic heterocycles. The second kappa shape index (κ2) is 12.0. The Bertz CT molecular complexity index is 852. The molecule has 2 rings (SSSR count). The average Bonchev–Trinajstić information content (AvgIpc) is 2.77. The predicted octanol–water partition coefficient (Wildman–Crippen LogP) is 3.97. The highest BCUT2D eigenvalue weighted by atomic mass is 16.5. The summed E-state index contributed by atoms with van der Waals surface area (Å²) in [6, 6.07) is 14.9. The van der Waals surface area contributed by atoms with Gasteiger partial charge in [-0.15, -0.1) is 0 Å². The smallest absolute Gasteiger partial charge is 0.243 e. The Labute approximate surface area is 185 Å². The normalized spacial score (nSPS) is 11.7. The molecule has 6 nitrogen and oxygen atoms in total. The van der Waals surface area contributed by atoms with Crippen LogP contribution in [0.2, 0.25) is 0 Å². The van der Waals surface area contributed by atoms with Crippen molar-refractivity contribution in [3.63, 3.8) is 0 Å². The van der Waals surface area contributed by atoms with Crippen LogP contribution in [0.1, 0.15) is 44.7 Å². The fourth-order valence-electron chi connectivity index (χ4n) is 3.51. The minimum Gasteiger partial charge on any atom is -0.493 e. The molecule has 0 aliphatic heterocycles. The zero-order valence-electron chi connectivity index (χ0n) is 19.2. The van der Waals surface area contributed by atoms with E-state index < -0.39 is 6.04 Å². The zero-order chi connectivity index (χ0) is 22.8. The van der Waals surface area contributed by atoms with E-state index in [0.717, 1.165) is 11.1 Å². The Balaban J connectivity index is 2.19.